The third-order valence-corrected chi connectivity index (χ3v) is 3.20. The van der Waals surface area contributed by atoms with Gasteiger partial charge in [0, 0.05) is 0 Å². The Morgan fingerprint density at radius 3 is 2.22 bits per heavy atom. The third-order valence-electron chi connectivity index (χ3n) is 3.20. The molecule has 1 atom stereocenters. The quantitative estimate of drug-likeness (QED) is 0.842. The van der Waals surface area contributed by atoms with E-state index in [-0.39, 0.29) is 5.56 Å². The number of hydrogen-bond donors (Lipinski definition) is 1. The van der Waals surface area contributed by atoms with Gasteiger partial charge in [-0.25, -0.2) is 0 Å². The summed E-state index contributed by atoms with van der Waals surface area (Å²) < 4.78 is 76.7. The zero-order chi connectivity index (χ0) is 17.5. The summed E-state index contributed by atoms with van der Waals surface area (Å²) in [6, 6.07) is 7.43. The number of hydrazone groups is 1. The van der Waals surface area contributed by atoms with Gasteiger partial charge in [0.05, 0.1) is 12.8 Å². The summed E-state index contributed by atoms with van der Waals surface area (Å²) in [5.74, 6) is -1.39. The van der Waals surface area contributed by atoms with Crippen LogP contribution < -0.4 is 0 Å². The van der Waals surface area contributed by atoms with Crippen molar-refractivity contribution in [3.8, 4) is 0 Å². The van der Waals surface area contributed by atoms with Crippen LogP contribution in [0.1, 0.15) is 12.0 Å². The average molecular weight is 340 g/mol. The lowest BCUT2D eigenvalue weighted by molar-refractivity contribution is -0.302. The van der Waals surface area contributed by atoms with Crippen molar-refractivity contribution in [2.24, 2.45) is 5.10 Å². The molecule has 1 N–H and O–H groups in total. The second-order valence-corrected chi connectivity index (χ2v) is 4.90. The lowest BCUT2D eigenvalue weighted by Gasteiger charge is -2.32. The molecule has 4 nitrogen and oxygen atoms in total. The van der Waals surface area contributed by atoms with Gasteiger partial charge in [0.2, 0.25) is 5.91 Å². The average Bonchev–Trinajstić information content (AvgIpc) is 2.79. The first-order valence-electron chi connectivity index (χ1n) is 6.26. The Kier molecular flexibility index (Phi) is 4.14. The number of aliphatic hydroxyl groups is 1. The van der Waals surface area contributed by atoms with Crippen LogP contribution in [0.2, 0.25) is 0 Å². The van der Waals surface area contributed by atoms with Gasteiger partial charge in [0.1, 0.15) is 5.71 Å². The first-order chi connectivity index (χ1) is 10.4. The number of benzene rings is 1. The van der Waals surface area contributed by atoms with E-state index in [2.05, 4.69) is 5.10 Å². The minimum Gasteiger partial charge on any atom is -0.362 e. The maximum Gasteiger partial charge on any atom is 0.438 e. The van der Waals surface area contributed by atoms with Crippen LogP contribution in [-0.4, -0.2) is 39.8 Å². The molecule has 1 aromatic carbocycles. The van der Waals surface area contributed by atoms with Crippen LogP contribution in [0.5, 0.6) is 0 Å². The maximum atomic E-state index is 13.0. The number of carbonyl (C=O) groups is 1. The van der Waals surface area contributed by atoms with Gasteiger partial charge in [-0.1, -0.05) is 30.3 Å². The molecule has 23 heavy (non-hydrogen) atoms. The van der Waals surface area contributed by atoms with E-state index in [1.165, 1.54) is 24.3 Å². The highest BCUT2D eigenvalue weighted by molar-refractivity contribution is 5.94. The predicted octanol–water partition coefficient (Wildman–Crippen LogP) is 2.63. The number of hydrogen-bond acceptors (Lipinski definition) is 3. The Hall–Kier alpha value is -2.10. The van der Waals surface area contributed by atoms with Gasteiger partial charge in [0.15, 0.2) is 0 Å². The minimum absolute atomic E-state index is 0.276. The summed E-state index contributed by atoms with van der Waals surface area (Å²) in [4.78, 5) is 11.9. The molecule has 0 saturated heterocycles. The maximum absolute atomic E-state index is 13.0. The third kappa shape index (κ3) is 3.31. The molecule has 1 aliphatic heterocycles. The number of nitrogens with zero attached hydrogens (tertiary/aromatic N) is 2. The number of rotatable bonds is 2. The molecule has 0 aromatic heterocycles. The van der Waals surface area contributed by atoms with E-state index in [9.17, 15) is 36.2 Å². The molecule has 2 rings (SSSR count). The fourth-order valence-electron chi connectivity index (χ4n) is 2.03. The van der Waals surface area contributed by atoms with Gasteiger partial charge in [-0.05, 0) is 5.56 Å². The predicted molar refractivity (Wildman–Crippen MR) is 66.1 cm³/mol. The second-order valence-electron chi connectivity index (χ2n) is 4.90. The van der Waals surface area contributed by atoms with Gasteiger partial charge >= 0.3 is 12.4 Å². The molecule has 10 heteroatoms. The van der Waals surface area contributed by atoms with E-state index in [4.69, 9.17) is 0 Å². The van der Waals surface area contributed by atoms with Crippen molar-refractivity contribution in [1.82, 2.24) is 5.01 Å². The molecule has 1 heterocycles. The van der Waals surface area contributed by atoms with Crippen molar-refractivity contribution in [3.63, 3.8) is 0 Å². The molecule has 1 aliphatic rings. The van der Waals surface area contributed by atoms with Crippen LogP contribution in [0.15, 0.2) is 35.4 Å². The molecule has 0 radical (unpaired) electrons. The molecule has 1 aromatic rings. The normalized spacial score (nSPS) is 22.2. The van der Waals surface area contributed by atoms with E-state index in [1.54, 1.807) is 6.07 Å². The minimum atomic E-state index is -5.49. The highest BCUT2D eigenvalue weighted by Gasteiger charge is 2.65. The summed E-state index contributed by atoms with van der Waals surface area (Å²) in [6.07, 6.45) is -13.2. The zero-order valence-corrected chi connectivity index (χ0v) is 11.3. The van der Waals surface area contributed by atoms with Crippen molar-refractivity contribution in [2.75, 3.05) is 0 Å². The number of carbonyl (C=O) groups excluding carboxylic acids is 1. The fourth-order valence-corrected chi connectivity index (χ4v) is 2.03. The van der Waals surface area contributed by atoms with Crippen molar-refractivity contribution in [3.05, 3.63) is 35.9 Å². The lowest BCUT2D eigenvalue weighted by Crippen LogP contribution is -2.57. The summed E-state index contributed by atoms with van der Waals surface area (Å²) >= 11 is 0. The van der Waals surface area contributed by atoms with Crippen LogP contribution in [0.25, 0.3) is 0 Å². The van der Waals surface area contributed by atoms with E-state index < -0.39 is 47.5 Å². The molecular weight excluding hydrogens is 330 g/mol. The molecule has 0 aliphatic carbocycles. The Morgan fingerprint density at radius 2 is 1.74 bits per heavy atom. The Bertz CT molecular complexity index is 626. The molecular formula is C13H10F6N2O2. The van der Waals surface area contributed by atoms with Crippen LogP contribution in [0, 0.1) is 0 Å². The summed E-state index contributed by atoms with van der Waals surface area (Å²) in [5.41, 5.74) is -5.60. The van der Waals surface area contributed by atoms with E-state index in [1.807, 2.05) is 0 Å². The highest BCUT2D eigenvalue weighted by atomic mass is 19.4. The number of amides is 1. The van der Waals surface area contributed by atoms with Crippen molar-refractivity contribution < 1.29 is 36.2 Å². The molecule has 1 unspecified atom stereocenters. The largest absolute Gasteiger partial charge is 0.438 e. The lowest BCUT2D eigenvalue weighted by atomic mass is 10.1. The molecule has 0 saturated carbocycles. The smallest absolute Gasteiger partial charge is 0.362 e. The van der Waals surface area contributed by atoms with Gasteiger partial charge in [-0.15, -0.1) is 0 Å². The summed E-state index contributed by atoms with van der Waals surface area (Å²) in [5, 5.41) is 11.8. The van der Waals surface area contributed by atoms with Crippen molar-refractivity contribution in [1.29, 1.82) is 0 Å². The summed E-state index contributed by atoms with van der Waals surface area (Å²) in [6.45, 7) is 0. The second kappa shape index (κ2) is 5.52. The topological polar surface area (TPSA) is 52.9 Å². The van der Waals surface area contributed by atoms with E-state index >= 15 is 0 Å². The molecule has 0 fully saturated rings. The van der Waals surface area contributed by atoms with Gasteiger partial charge in [0.25, 0.3) is 5.72 Å². The standard InChI is InChI=1S/C13H10F6N2O2/c14-12(15,16)9-7-11(23,13(17,18)19)21(20-9)10(22)6-8-4-2-1-3-5-8/h1-5,23H,6-7H2. The monoisotopic (exact) mass is 340 g/mol. The Balaban J connectivity index is 2.34. The molecule has 126 valence electrons. The molecule has 1 amide bonds. The van der Waals surface area contributed by atoms with E-state index in [0.29, 0.717) is 0 Å². The van der Waals surface area contributed by atoms with Crippen molar-refractivity contribution >= 4 is 11.6 Å². The Morgan fingerprint density at radius 1 is 1.17 bits per heavy atom. The van der Waals surface area contributed by atoms with Crippen LogP contribution >= 0.6 is 0 Å². The zero-order valence-electron chi connectivity index (χ0n) is 11.3. The van der Waals surface area contributed by atoms with Crippen LogP contribution in [0.3, 0.4) is 0 Å². The van der Waals surface area contributed by atoms with Crippen LogP contribution in [-0.2, 0) is 11.2 Å². The van der Waals surface area contributed by atoms with Gasteiger partial charge in [-0.2, -0.15) is 36.5 Å². The molecule has 0 spiro atoms. The molecule has 0 bridgehead atoms. The number of halogens is 6. The highest BCUT2D eigenvalue weighted by Crippen LogP contribution is 2.43. The van der Waals surface area contributed by atoms with Gasteiger partial charge < -0.3 is 5.11 Å². The first-order valence-corrected chi connectivity index (χ1v) is 6.26. The first kappa shape index (κ1) is 17.3. The number of alkyl halides is 6. The van der Waals surface area contributed by atoms with E-state index in [0.717, 1.165) is 0 Å². The summed E-state index contributed by atoms with van der Waals surface area (Å²) in [7, 11) is 0. The fraction of sp³-hybridized carbons (Fsp3) is 0.385. The SMILES string of the molecule is O=C(Cc1ccccc1)N1N=C(C(F)(F)F)CC1(O)C(F)(F)F. The van der Waals surface area contributed by atoms with Crippen molar-refractivity contribution in [2.45, 2.75) is 30.9 Å². The Labute approximate surface area is 126 Å². The van der Waals surface area contributed by atoms with Gasteiger partial charge in [-0.3, -0.25) is 4.79 Å². The van der Waals surface area contributed by atoms with Crippen LogP contribution in [0.4, 0.5) is 26.3 Å².